The largest absolute Gasteiger partial charge is 0.361 e. The number of para-hydroxylation sites is 1. The number of nitrogens with zero attached hydrogens (tertiary/aromatic N) is 2. The van der Waals surface area contributed by atoms with E-state index in [1.54, 1.807) is 0 Å². The van der Waals surface area contributed by atoms with E-state index in [2.05, 4.69) is 87.7 Å². The van der Waals surface area contributed by atoms with Crippen LogP contribution in [0, 0.1) is 0 Å². The standard InChI is InChI=1S/C28H30ClN3/c29-25-14-12-23(13-15-25)28(22-7-2-1-3-8-22)32-19-17-31(18-20-32)16-6-9-24-21-30-27-11-5-4-10-26(24)27/h1-5,7-8,10-15,21,28,30H,6,9,16-20H2/t28-/m0/s1. The number of fused-ring (bicyclic) bond motifs is 1. The van der Waals surface area contributed by atoms with Crippen molar-refractivity contribution in [3.05, 3.63) is 107 Å². The van der Waals surface area contributed by atoms with E-state index in [1.807, 2.05) is 12.1 Å². The molecule has 2 heterocycles. The number of nitrogens with one attached hydrogen (secondary N) is 1. The zero-order valence-corrected chi connectivity index (χ0v) is 19.1. The molecule has 0 aliphatic carbocycles. The summed E-state index contributed by atoms with van der Waals surface area (Å²) in [7, 11) is 0. The molecule has 0 bridgehead atoms. The fourth-order valence-electron chi connectivity index (χ4n) is 4.97. The zero-order valence-electron chi connectivity index (χ0n) is 18.4. The van der Waals surface area contributed by atoms with Crippen LogP contribution < -0.4 is 0 Å². The molecule has 3 nitrogen and oxygen atoms in total. The summed E-state index contributed by atoms with van der Waals surface area (Å²) in [5, 5.41) is 2.16. The highest BCUT2D eigenvalue weighted by molar-refractivity contribution is 6.30. The zero-order chi connectivity index (χ0) is 21.8. The molecule has 3 aromatic carbocycles. The summed E-state index contributed by atoms with van der Waals surface area (Å²) in [6, 6.07) is 28.1. The summed E-state index contributed by atoms with van der Waals surface area (Å²) in [6.45, 7) is 5.55. The second-order valence-corrected chi connectivity index (χ2v) is 9.14. The van der Waals surface area contributed by atoms with Crippen LogP contribution in [0.1, 0.15) is 29.2 Å². The van der Waals surface area contributed by atoms with Crippen molar-refractivity contribution in [1.29, 1.82) is 0 Å². The van der Waals surface area contributed by atoms with Crippen molar-refractivity contribution in [2.45, 2.75) is 18.9 Å². The number of piperazine rings is 1. The van der Waals surface area contributed by atoms with Crippen LogP contribution in [0.3, 0.4) is 0 Å². The number of benzene rings is 3. The van der Waals surface area contributed by atoms with Gasteiger partial charge in [0.1, 0.15) is 0 Å². The Morgan fingerprint density at radius 3 is 2.25 bits per heavy atom. The molecule has 0 spiro atoms. The number of rotatable bonds is 7. The molecule has 0 unspecified atom stereocenters. The molecule has 4 heteroatoms. The van der Waals surface area contributed by atoms with Crippen molar-refractivity contribution in [3.63, 3.8) is 0 Å². The molecule has 0 saturated carbocycles. The van der Waals surface area contributed by atoms with Gasteiger partial charge in [0, 0.05) is 48.3 Å². The lowest BCUT2D eigenvalue weighted by molar-refractivity contribution is 0.109. The van der Waals surface area contributed by atoms with Gasteiger partial charge in [0.15, 0.2) is 0 Å². The van der Waals surface area contributed by atoms with Crippen LogP contribution >= 0.6 is 11.6 Å². The van der Waals surface area contributed by atoms with Gasteiger partial charge in [-0.15, -0.1) is 0 Å². The first kappa shape index (κ1) is 21.3. The Morgan fingerprint density at radius 1 is 0.781 bits per heavy atom. The van der Waals surface area contributed by atoms with Crippen LogP contribution in [-0.4, -0.2) is 47.5 Å². The number of aromatic nitrogens is 1. The fraction of sp³-hybridized carbons (Fsp3) is 0.286. The van der Waals surface area contributed by atoms with Gasteiger partial charge in [0.2, 0.25) is 0 Å². The third kappa shape index (κ3) is 4.75. The van der Waals surface area contributed by atoms with E-state index >= 15 is 0 Å². The number of H-pyrrole nitrogens is 1. The highest BCUT2D eigenvalue weighted by Crippen LogP contribution is 2.30. The van der Waals surface area contributed by atoms with E-state index in [9.17, 15) is 0 Å². The monoisotopic (exact) mass is 443 g/mol. The molecule has 1 aromatic heterocycles. The maximum absolute atomic E-state index is 6.16. The van der Waals surface area contributed by atoms with Gasteiger partial charge < -0.3 is 9.88 Å². The summed E-state index contributed by atoms with van der Waals surface area (Å²) in [6.07, 6.45) is 4.50. The maximum atomic E-state index is 6.16. The third-order valence-corrected chi connectivity index (χ3v) is 6.92. The van der Waals surface area contributed by atoms with Crippen LogP contribution in [0.5, 0.6) is 0 Å². The number of hydrogen-bond donors (Lipinski definition) is 1. The van der Waals surface area contributed by atoms with E-state index < -0.39 is 0 Å². The third-order valence-electron chi connectivity index (χ3n) is 6.67. The van der Waals surface area contributed by atoms with Crippen molar-refractivity contribution < 1.29 is 0 Å². The summed E-state index contributed by atoms with van der Waals surface area (Å²) in [5.74, 6) is 0. The van der Waals surface area contributed by atoms with Crippen LogP contribution in [0.4, 0.5) is 0 Å². The summed E-state index contributed by atoms with van der Waals surface area (Å²) in [5.41, 5.74) is 5.34. The topological polar surface area (TPSA) is 22.3 Å². The van der Waals surface area contributed by atoms with Crippen LogP contribution in [0.25, 0.3) is 10.9 Å². The van der Waals surface area contributed by atoms with E-state index in [0.29, 0.717) is 0 Å². The Bertz CT molecular complexity index is 1130. The molecule has 32 heavy (non-hydrogen) atoms. The van der Waals surface area contributed by atoms with E-state index in [1.165, 1.54) is 34.0 Å². The number of aryl methyl sites for hydroxylation is 1. The number of aromatic amines is 1. The lowest BCUT2D eigenvalue weighted by Crippen LogP contribution is -2.48. The lowest BCUT2D eigenvalue weighted by atomic mass is 9.96. The normalized spacial score (nSPS) is 16.4. The molecule has 1 atom stereocenters. The fourth-order valence-corrected chi connectivity index (χ4v) is 5.10. The molecular formula is C28H30ClN3. The average Bonchev–Trinajstić information content (AvgIpc) is 3.25. The molecule has 1 N–H and O–H groups in total. The summed E-state index contributed by atoms with van der Waals surface area (Å²) >= 11 is 6.16. The molecule has 0 radical (unpaired) electrons. The lowest BCUT2D eigenvalue weighted by Gasteiger charge is -2.40. The first-order valence-electron chi connectivity index (χ1n) is 11.6. The second kappa shape index (κ2) is 9.91. The Hall–Kier alpha value is -2.59. The Kier molecular flexibility index (Phi) is 6.59. The minimum atomic E-state index is 0.279. The second-order valence-electron chi connectivity index (χ2n) is 8.71. The SMILES string of the molecule is Clc1ccc([C@H](c2ccccc2)N2CCN(CCCc3c[nH]c4ccccc34)CC2)cc1. The van der Waals surface area contributed by atoms with E-state index in [4.69, 9.17) is 11.6 Å². The first-order valence-corrected chi connectivity index (χ1v) is 12.0. The molecule has 0 amide bonds. The molecule has 1 fully saturated rings. The average molecular weight is 444 g/mol. The van der Waals surface area contributed by atoms with Crippen LogP contribution in [0.2, 0.25) is 5.02 Å². The molecule has 4 aromatic rings. The maximum Gasteiger partial charge on any atom is 0.0602 e. The van der Waals surface area contributed by atoms with Gasteiger partial charge in [-0.1, -0.05) is 72.3 Å². The van der Waals surface area contributed by atoms with Crippen molar-refractivity contribution in [2.75, 3.05) is 32.7 Å². The Morgan fingerprint density at radius 2 is 1.47 bits per heavy atom. The van der Waals surface area contributed by atoms with Gasteiger partial charge in [-0.05, 0) is 54.3 Å². The van der Waals surface area contributed by atoms with Gasteiger partial charge in [-0.3, -0.25) is 4.90 Å². The summed E-state index contributed by atoms with van der Waals surface area (Å²) < 4.78 is 0. The summed E-state index contributed by atoms with van der Waals surface area (Å²) in [4.78, 5) is 8.64. The van der Waals surface area contributed by atoms with Crippen LogP contribution in [-0.2, 0) is 6.42 Å². The minimum Gasteiger partial charge on any atom is -0.361 e. The Balaban J connectivity index is 1.20. The van der Waals surface area contributed by atoms with Gasteiger partial charge in [-0.25, -0.2) is 0 Å². The van der Waals surface area contributed by atoms with Gasteiger partial charge in [-0.2, -0.15) is 0 Å². The minimum absolute atomic E-state index is 0.279. The van der Waals surface area contributed by atoms with E-state index in [-0.39, 0.29) is 6.04 Å². The van der Waals surface area contributed by atoms with Crippen LogP contribution in [0.15, 0.2) is 85.1 Å². The molecular weight excluding hydrogens is 414 g/mol. The highest BCUT2D eigenvalue weighted by Gasteiger charge is 2.26. The van der Waals surface area contributed by atoms with Crippen molar-refractivity contribution >= 4 is 22.5 Å². The van der Waals surface area contributed by atoms with Crippen molar-refractivity contribution in [2.24, 2.45) is 0 Å². The van der Waals surface area contributed by atoms with E-state index in [0.717, 1.165) is 44.2 Å². The van der Waals surface area contributed by atoms with Crippen molar-refractivity contribution in [3.8, 4) is 0 Å². The highest BCUT2D eigenvalue weighted by atomic mass is 35.5. The molecule has 164 valence electrons. The quantitative estimate of drug-likeness (QED) is 0.369. The van der Waals surface area contributed by atoms with Crippen molar-refractivity contribution in [1.82, 2.24) is 14.8 Å². The first-order chi connectivity index (χ1) is 15.8. The van der Waals surface area contributed by atoms with Gasteiger partial charge in [0.05, 0.1) is 6.04 Å². The molecule has 1 aliphatic rings. The molecule has 5 rings (SSSR count). The van der Waals surface area contributed by atoms with Gasteiger partial charge >= 0.3 is 0 Å². The number of halogens is 1. The molecule has 1 aliphatic heterocycles. The predicted molar refractivity (Wildman–Crippen MR) is 134 cm³/mol. The Labute approximate surface area is 195 Å². The van der Waals surface area contributed by atoms with Gasteiger partial charge in [0.25, 0.3) is 0 Å². The molecule has 1 saturated heterocycles. The number of hydrogen-bond acceptors (Lipinski definition) is 2. The predicted octanol–water partition coefficient (Wildman–Crippen LogP) is 6.16. The smallest absolute Gasteiger partial charge is 0.0602 e.